The van der Waals surface area contributed by atoms with Crippen LogP contribution in [-0.2, 0) is 0 Å². The third-order valence-electron chi connectivity index (χ3n) is 2.60. The van der Waals surface area contributed by atoms with E-state index in [-0.39, 0.29) is 16.7 Å². The zero-order chi connectivity index (χ0) is 16.1. The number of aromatic nitrogens is 1. The van der Waals surface area contributed by atoms with Gasteiger partial charge in [0.15, 0.2) is 5.78 Å². The van der Waals surface area contributed by atoms with Crippen molar-refractivity contribution in [1.29, 1.82) is 0 Å². The van der Waals surface area contributed by atoms with Crippen molar-refractivity contribution in [2.75, 3.05) is 11.1 Å². The SMILES string of the molecule is NC(=O)Nc1ccc(Cl)nc1SCC(=O)c1ccccc1Br. The van der Waals surface area contributed by atoms with Gasteiger partial charge in [-0.1, -0.05) is 57.5 Å². The van der Waals surface area contributed by atoms with Crippen LogP contribution in [0.5, 0.6) is 0 Å². The maximum atomic E-state index is 12.2. The number of rotatable bonds is 5. The molecule has 0 saturated carbocycles. The number of hydrogen-bond donors (Lipinski definition) is 2. The zero-order valence-electron chi connectivity index (χ0n) is 11.2. The second-order valence-electron chi connectivity index (χ2n) is 4.17. The van der Waals surface area contributed by atoms with Crippen molar-refractivity contribution in [3.05, 3.63) is 51.6 Å². The summed E-state index contributed by atoms with van der Waals surface area (Å²) in [6.45, 7) is 0. The lowest BCUT2D eigenvalue weighted by Gasteiger charge is -2.09. The van der Waals surface area contributed by atoms with Crippen molar-refractivity contribution < 1.29 is 9.59 Å². The minimum absolute atomic E-state index is 0.0655. The van der Waals surface area contributed by atoms with Crippen LogP contribution < -0.4 is 11.1 Å². The average Bonchev–Trinajstić information content (AvgIpc) is 2.47. The fourth-order valence-corrected chi connectivity index (χ4v) is 3.22. The lowest BCUT2D eigenvalue weighted by atomic mass is 10.1. The van der Waals surface area contributed by atoms with Crippen LogP contribution in [0.3, 0.4) is 0 Å². The number of nitrogens with two attached hydrogens (primary N) is 1. The first kappa shape index (κ1) is 16.8. The smallest absolute Gasteiger partial charge is 0.316 e. The van der Waals surface area contributed by atoms with Gasteiger partial charge in [0.1, 0.15) is 10.2 Å². The molecule has 0 radical (unpaired) electrons. The molecular formula is C14H11BrClN3O2S. The summed E-state index contributed by atoms with van der Waals surface area (Å²) in [5.74, 6) is 0.0907. The summed E-state index contributed by atoms with van der Waals surface area (Å²) in [5, 5.41) is 3.16. The molecule has 0 atom stereocenters. The highest BCUT2D eigenvalue weighted by Gasteiger charge is 2.13. The van der Waals surface area contributed by atoms with Crippen molar-refractivity contribution in [1.82, 2.24) is 4.98 Å². The Bertz CT molecular complexity index is 727. The lowest BCUT2D eigenvalue weighted by molar-refractivity contribution is 0.102. The molecule has 3 N–H and O–H groups in total. The number of anilines is 1. The summed E-state index contributed by atoms with van der Waals surface area (Å²) in [4.78, 5) is 27.3. The number of nitrogens with zero attached hydrogens (tertiary/aromatic N) is 1. The summed E-state index contributed by atoms with van der Waals surface area (Å²) in [6.07, 6.45) is 0. The van der Waals surface area contributed by atoms with Gasteiger partial charge >= 0.3 is 6.03 Å². The predicted octanol–water partition coefficient (Wildman–Crippen LogP) is 3.96. The van der Waals surface area contributed by atoms with Crippen molar-refractivity contribution in [3.63, 3.8) is 0 Å². The summed E-state index contributed by atoms with van der Waals surface area (Å²) in [7, 11) is 0. The topological polar surface area (TPSA) is 85.1 Å². The van der Waals surface area contributed by atoms with E-state index in [4.69, 9.17) is 17.3 Å². The van der Waals surface area contributed by atoms with E-state index < -0.39 is 6.03 Å². The molecule has 1 heterocycles. The number of nitrogens with one attached hydrogen (secondary N) is 1. The van der Waals surface area contributed by atoms with E-state index in [0.717, 1.165) is 4.47 Å². The number of halogens is 2. The predicted molar refractivity (Wildman–Crippen MR) is 91.6 cm³/mol. The number of amides is 2. The van der Waals surface area contributed by atoms with Crippen molar-refractivity contribution in [2.24, 2.45) is 5.73 Å². The second-order valence-corrected chi connectivity index (χ2v) is 6.37. The molecule has 0 aliphatic heterocycles. The van der Waals surface area contributed by atoms with E-state index in [1.54, 1.807) is 24.3 Å². The number of pyridine rings is 1. The van der Waals surface area contributed by atoms with Crippen molar-refractivity contribution >= 4 is 56.8 Å². The lowest BCUT2D eigenvalue weighted by Crippen LogP contribution is -2.20. The second kappa shape index (κ2) is 7.62. The fourth-order valence-electron chi connectivity index (χ4n) is 1.65. The molecule has 0 fully saturated rings. The largest absolute Gasteiger partial charge is 0.351 e. The van der Waals surface area contributed by atoms with Gasteiger partial charge in [0.25, 0.3) is 0 Å². The molecule has 2 rings (SSSR count). The third-order valence-corrected chi connectivity index (χ3v) is 4.49. The van der Waals surface area contributed by atoms with Crippen LogP contribution in [-0.4, -0.2) is 22.6 Å². The van der Waals surface area contributed by atoms with Crippen LogP contribution >= 0.6 is 39.3 Å². The van der Waals surface area contributed by atoms with Gasteiger partial charge in [-0.25, -0.2) is 9.78 Å². The highest BCUT2D eigenvalue weighted by Crippen LogP contribution is 2.28. The Hall–Kier alpha value is -1.57. The minimum atomic E-state index is -0.705. The van der Waals surface area contributed by atoms with Crippen LogP contribution in [0, 0.1) is 0 Å². The Morgan fingerprint density at radius 3 is 2.68 bits per heavy atom. The molecule has 2 aromatic rings. The Kier molecular flexibility index (Phi) is 5.82. The van der Waals surface area contributed by atoms with Crippen LogP contribution in [0.4, 0.5) is 10.5 Å². The molecule has 0 saturated heterocycles. The molecule has 114 valence electrons. The molecule has 2 amide bonds. The zero-order valence-corrected chi connectivity index (χ0v) is 14.3. The van der Waals surface area contributed by atoms with Crippen LogP contribution in [0.15, 0.2) is 45.9 Å². The molecule has 8 heteroatoms. The number of urea groups is 1. The molecule has 0 aliphatic rings. The molecular weight excluding hydrogens is 390 g/mol. The van der Waals surface area contributed by atoms with Gasteiger partial charge in [0.2, 0.25) is 0 Å². The highest BCUT2D eigenvalue weighted by molar-refractivity contribution is 9.10. The molecule has 1 aromatic carbocycles. The summed E-state index contributed by atoms with van der Waals surface area (Å²) < 4.78 is 0.732. The fraction of sp³-hybridized carbons (Fsp3) is 0.0714. The summed E-state index contributed by atoms with van der Waals surface area (Å²) >= 11 is 10.4. The first-order chi connectivity index (χ1) is 10.5. The number of hydrogen-bond acceptors (Lipinski definition) is 4. The number of primary amides is 1. The number of carbonyl (C=O) groups is 2. The number of ketones is 1. The van der Waals surface area contributed by atoms with E-state index in [2.05, 4.69) is 26.2 Å². The molecule has 5 nitrogen and oxygen atoms in total. The number of thioether (sulfide) groups is 1. The number of carbonyl (C=O) groups excluding carboxylic acids is 2. The first-order valence-corrected chi connectivity index (χ1v) is 8.26. The van der Waals surface area contributed by atoms with E-state index in [0.29, 0.717) is 16.3 Å². The number of benzene rings is 1. The van der Waals surface area contributed by atoms with E-state index in [1.165, 1.54) is 17.8 Å². The Balaban J connectivity index is 2.14. The average molecular weight is 401 g/mol. The maximum Gasteiger partial charge on any atom is 0.316 e. The van der Waals surface area contributed by atoms with Gasteiger partial charge in [0, 0.05) is 10.0 Å². The third kappa shape index (κ3) is 4.46. The monoisotopic (exact) mass is 399 g/mol. The first-order valence-electron chi connectivity index (χ1n) is 6.11. The van der Waals surface area contributed by atoms with E-state index >= 15 is 0 Å². The van der Waals surface area contributed by atoms with Crippen molar-refractivity contribution in [3.8, 4) is 0 Å². The standard InChI is InChI=1S/C14H11BrClN3O2S/c15-9-4-2-1-3-8(9)11(20)7-22-13-10(18-14(17)21)5-6-12(16)19-13/h1-6H,7H2,(H3,17,18,21). The van der Waals surface area contributed by atoms with Gasteiger partial charge in [0.05, 0.1) is 11.4 Å². The molecule has 0 bridgehead atoms. The van der Waals surface area contributed by atoms with Gasteiger partial charge in [-0.05, 0) is 18.2 Å². The molecule has 0 unspecified atom stereocenters. The minimum Gasteiger partial charge on any atom is -0.351 e. The molecule has 0 spiro atoms. The Labute approximate surface area is 144 Å². The van der Waals surface area contributed by atoms with E-state index in [9.17, 15) is 9.59 Å². The molecule has 1 aromatic heterocycles. The Morgan fingerprint density at radius 1 is 1.27 bits per heavy atom. The molecule has 22 heavy (non-hydrogen) atoms. The van der Waals surface area contributed by atoms with Gasteiger partial charge in [-0.2, -0.15) is 0 Å². The molecule has 0 aliphatic carbocycles. The van der Waals surface area contributed by atoms with E-state index in [1.807, 2.05) is 6.07 Å². The Morgan fingerprint density at radius 2 is 2.00 bits per heavy atom. The van der Waals surface area contributed by atoms with Crippen molar-refractivity contribution in [2.45, 2.75) is 5.03 Å². The van der Waals surface area contributed by atoms with Gasteiger partial charge in [-0.3, -0.25) is 4.79 Å². The number of Topliss-reactive ketones (excluding diaryl/α,β-unsaturated/α-hetero) is 1. The van der Waals surface area contributed by atoms with Gasteiger partial charge in [-0.15, -0.1) is 0 Å². The normalized spacial score (nSPS) is 10.3. The maximum absolute atomic E-state index is 12.2. The summed E-state index contributed by atoms with van der Waals surface area (Å²) in [6, 6.07) is 9.58. The van der Waals surface area contributed by atoms with Crippen LogP contribution in [0.2, 0.25) is 5.15 Å². The quantitative estimate of drug-likeness (QED) is 0.452. The van der Waals surface area contributed by atoms with Crippen LogP contribution in [0.1, 0.15) is 10.4 Å². The van der Waals surface area contributed by atoms with Gasteiger partial charge < -0.3 is 11.1 Å². The van der Waals surface area contributed by atoms with Crippen LogP contribution in [0.25, 0.3) is 0 Å². The highest BCUT2D eigenvalue weighted by atomic mass is 79.9. The summed E-state index contributed by atoms with van der Waals surface area (Å²) in [5.41, 5.74) is 6.11.